The van der Waals surface area contributed by atoms with Gasteiger partial charge in [0.2, 0.25) is 0 Å². The molecule has 1 rings (SSSR count). The van der Waals surface area contributed by atoms with Gasteiger partial charge in [-0.3, -0.25) is 0 Å². The first-order valence-electron chi connectivity index (χ1n) is 6.79. The van der Waals surface area contributed by atoms with Crippen molar-refractivity contribution in [2.45, 2.75) is 52.5 Å². The van der Waals surface area contributed by atoms with E-state index in [9.17, 15) is 0 Å². The van der Waals surface area contributed by atoms with Crippen molar-refractivity contribution in [3.63, 3.8) is 0 Å². The maximum atomic E-state index is 5.27. The molecule has 1 aromatic carbocycles. The van der Waals surface area contributed by atoms with Crippen LogP contribution in [-0.2, 0) is 5.41 Å². The van der Waals surface area contributed by atoms with Crippen molar-refractivity contribution in [3.8, 4) is 5.75 Å². The van der Waals surface area contributed by atoms with Crippen molar-refractivity contribution in [3.05, 3.63) is 29.3 Å². The van der Waals surface area contributed by atoms with Crippen LogP contribution < -0.4 is 10.1 Å². The lowest BCUT2D eigenvalue weighted by atomic mass is 9.77. The highest BCUT2D eigenvalue weighted by atomic mass is 16.5. The van der Waals surface area contributed by atoms with E-state index in [1.807, 2.05) is 0 Å². The lowest BCUT2D eigenvalue weighted by Crippen LogP contribution is -2.33. The van der Waals surface area contributed by atoms with Gasteiger partial charge >= 0.3 is 0 Å². The Morgan fingerprint density at radius 2 is 2.00 bits per heavy atom. The molecule has 0 aliphatic heterocycles. The molecular formula is C16H27NO. The van der Waals surface area contributed by atoms with Crippen LogP contribution in [0.4, 0.5) is 0 Å². The van der Waals surface area contributed by atoms with Crippen LogP contribution in [0.5, 0.6) is 5.75 Å². The molecule has 0 aliphatic rings. The van der Waals surface area contributed by atoms with Gasteiger partial charge in [0.05, 0.1) is 7.11 Å². The van der Waals surface area contributed by atoms with E-state index in [1.165, 1.54) is 11.1 Å². The monoisotopic (exact) mass is 249 g/mol. The number of ether oxygens (including phenoxy) is 1. The molecule has 102 valence electrons. The topological polar surface area (TPSA) is 21.3 Å². The van der Waals surface area contributed by atoms with Crippen LogP contribution in [0.2, 0.25) is 0 Å². The standard InChI is InChI=1S/C16H27NO/c1-7-17-13(3)11-16(4,5)15-9-8-14(18-6)10-12(15)2/h8-10,13,17H,7,11H2,1-6H3. The number of nitrogens with one attached hydrogen (secondary N) is 1. The lowest BCUT2D eigenvalue weighted by Gasteiger charge is -2.30. The third-order valence-electron chi connectivity index (χ3n) is 3.53. The van der Waals surface area contributed by atoms with Crippen molar-refractivity contribution < 1.29 is 4.74 Å². The Labute approximate surface area is 112 Å². The molecule has 1 atom stereocenters. The zero-order valence-electron chi connectivity index (χ0n) is 12.6. The summed E-state index contributed by atoms with van der Waals surface area (Å²) in [5, 5.41) is 3.49. The molecule has 0 saturated carbocycles. The number of hydrogen-bond donors (Lipinski definition) is 1. The zero-order chi connectivity index (χ0) is 13.8. The summed E-state index contributed by atoms with van der Waals surface area (Å²) >= 11 is 0. The van der Waals surface area contributed by atoms with Crippen LogP contribution >= 0.6 is 0 Å². The third kappa shape index (κ3) is 3.74. The van der Waals surface area contributed by atoms with Gasteiger partial charge in [-0.05, 0) is 55.5 Å². The molecule has 2 nitrogen and oxygen atoms in total. The highest BCUT2D eigenvalue weighted by molar-refractivity contribution is 5.38. The van der Waals surface area contributed by atoms with E-state index in [0.717, 1.165) is 18.7 Å². The van der Waals surface area contributed by atoms with Gasteiger partial charge in [0, 0.05) is 6.04 Å². The van der Waals surface area contributed by atoms with Gasteiger partial charge in [0.25, 0.3) is 0 Å². The van der Waals surface area contributed by atoms with E-state index in [0.29, 0.717) is 6.04 Å². The van der Waals surface area contributed by atoms with Gasteiger partial charge in [-0.1, -0.05) is 26.8 Å². The molecule has 1 aromatic rings. The number of aryl methyl sites for hydroxylation is 1. The largest absolute Gasteiger partial charge is 0.497 e. The lowest BCUT2D eigenvalue weighted by molar-refractivity contribution is 0.390. The smallest absolute Gasteiger partial charge is 0.119 e. The fraction of sp³-hybridized carbons (Fsp3) is 0.625. The molecule has 0 spiro atoms. The Bertz CT molecular complexity index is 385. The summed E-state index contributed by atoms with van der Waals surface area (Å²) < 4.78 is 5.27. The fourth-order valence-electron chi connectivity index (χ4n) is 2.82. The summed E-state index contributed by atoms with van der Waals surface area (Å²) in [6.45, 7) is 12.2. The molecule has 0 fully saturated rings. The second kappa shape index (κ2) is 6.24. The van der Waals surface area contributed by atoms with Crippen molar-refractivity contribution >= 4 is 0 Å². The molecule has 18 heavy (non-hydrogen) atoms. The summed E-state index contributed by atoms with van der Waals surface area (Å²) in [6.07, 6.45) is 1.13. The first-order valence-corrected chi connectivity index (χ1v) is 6.79. The maximum absolute atomic E-state index is 5.27. The minimum atomic E-state index is 0.179. The summed E-state index contributed by atoms with van der Waals surface area (Å²) in [5.74, 6) is 0.937. The molecule has 0 aromatic heterocycles. The van der Waals surface area contributed by atoms with Crippen molar-refractivity contribution in [2.24, 2.45) is 0 Å². The Kier molecular flexibility index (Phi) is 5.21. The van der Waals surface area contributed by atoms with Crippen LogP contribution in [-0.4, -0.2) is 19.7 Å². The first-order chi connectivity index (χ1) is 8.40. The number of hydrogen-bond acceptors (Lipinski definition) is 2. The zero-order valence-corrected chi connectivity index (χ0v) is 12.6. The van der Waals surface area contributed by atoms with Crippen molar-refractivity contribution in [1.82, 2.24) is 5.32 Å². The highest BCUT2D eigenvalue weighted by Crippen LogP contribution is 2.32. The van der Waals surface area contributed by atoms with Crippen molar-refractivity contribution in [2.75, 3.05) is 13.7 Å². The van der Waals surface area contributed by atoms with Gasteiger partial charge in [-0.2, -0.15) is 0 Å². The Hall–Kier alpha value is -1.02. The Morgan fingerprint density at radius 3 is 2.50 bits per heavy atom. The molecule has 0 bridgehead atoms. The Morgan fingerprint density at radius 1 is 1.33 bits per heavy atom. The number of benzene rings is 1. The summed E-state index contributed by atoms with van der Waals surface area (Å²) in [5.41, 5.74) is 2.90. The van der Waals surface area contributed by atoms with Gasteiger partial charge in [0.15, 0.2) is 0 Å². The SMILES string of the molecule is CCNC(C)CC(C)(C)c1ccc(OC)cc1C. The average Bonchev–Trinajstić information content (AvgIpc) is 2.27. The van der Waals surface area contributed by atoms with E-state index in [4.69, 9.17) is 4.74 Å². The van der Waals surface area contributed by atoms with E-state index in [2.05, 4.69) is 58.1 Å². The minimum absolute atomic E-state index is 0.179. The first kappa shape index (κ1) is 15.0. The van der Waals surface area contributed by atoms with Gasteiger partial charge in [-0.15, -0.1) is 0 Å². The van der Waals surface area contributed by atoms with Crippen LogP contribution in [0.25, 0.3) is 0 Å². The third-order valence-corrected chi connectivity index (χ3v) is 3.53. The van der Waals surface area contributed by atoms with Crippen LogP contribution in [0.15, 0.2) is 18.2 Å². The van der Waals surface area contributed by atoms with E-state index < -0.39 is 0 Å². The molecule has 0 heterocycles. The second-order valence-corrected chi connectivity index (χ2v) is 5.73. The average molecular weight is 249 g/mol. The summed E-state index contributed by atoms with van der Waals surface area (Å²) in [6, 6.07) is 6.91. The van der Waals surface area contributed by atoms with Crippen LogP contribution in [0.3, 0.4) is 0 Å². The quantitative estimate of drug-likeness (QED) is 0.830. The molecule has 1 unspecified atom stereocenters. The number of methoxy groups -OCH3 is 1. The summed E-state index contributed by atoms with van der Waals surface area (Å²) in [7, 11) is 1.72. The molecule has 0 radical (unpaired) electrons. The number of rotatable bonds is 6. The Balaban J connectivity index is 2.90. The van der Waals surface area contributed by atoms with Crippen LogP contribution in [0.1, 0.15) is 45.2 Å². The van der Waals surface area contributed by atoms with Gasteiger partial charge < -0.3 is 10.1 Å². The molecule has 2 heteroatoms. The fourth-order valence-corrected chi connectivity index (χ4v) is 2.82. The van der Waals surface area contributed by atoms with E-state index >= 15 is 0 Å². The maximum Gasteiger partial charge on any atom is 0.119 e. The molecular weight excluding hydrogens is 222 g/mol. The highest BCUT2D eigenvalue weighted by Gasteiger charge is 2.24. The molecule has 0 amide bonds. The predicted octanol–water partition coefficient (Wildman–Crippen LogP) is 3.67. The van der Waals surface area contributed by atoms with Gasteiger partial charge in [0.1, 0.15) is 5.75 Å². The normalized spacial score (nSPS) is 13.4. The van der Waals surface area contributed by atoms with E-state index in [-0.39, 0.29) is 5.41 Å². The molecule has 0 aliphatic carbocycles. The van der Waals surface area contributed by atoms with Crippen LogP contribution in [0, 0.1) is 6.92 Å². The van der Waals surface area contributed by atoms with Crippen molar-refractivity contribution in [1.29, 1.82) is 0 Å². The molecule has 0 saturated heterocycles. The van der Waals surface area contributed by atoms with E-state index in [1.54, 1.807) is 7.11 Å². The predicted molar refractivity (Wildman–Crippen MR) is 78.5 cm³/mol. The van der Waals surface area contributed by atoms with Gasteiger partial charge in [-0.25, -0.2) is 0 Å². The summed E-state index contributed by atoms with van der Waals surface area (Å²) in [4.78, 5) is 0. The minimum Gasteiger partial charge on any atom is -0.497 e. The second-order valence-electron chi connectivity index (χ2n) is 5.73. The molecule has 1 N–H and O–H groups in total.